The van der Waals surface area contributed by atoms with Gasteiger partial charge in [-0.3, -0.25) is 10.1 Å². The third kappa shape index (κ3) is 4.80. The molecule has 3 amide bonds. The number of ether oxygens (including phenoxy) is 1. The lowest BCUT2D eigenvalue weighted by Gasteiger charge is -2.19. The van der Waals surface area contributed by atoms with Gasteiger partial charge >= 0.3 is 12.0 Å². The minimum atomic E-state index is -1.08. The topological polar surface area (TPSA) is 98.5 Å². The fourth-order valence-electron chi connectivity index (χ4n) is 1.48. The van der Waals surface area contributed by atoms with Gasteiger partial charge < -0.3 is 10.5 Å². The fraction of sp³-hybridized carbons (Fsp3) is 0.308. The number of carbonyl (C=O) groups excluding carboxylic acids is 3. The van der Waals surface area contributed by atoms with E-state index in [-0.39, 0.29) is 5.92 Å². The Kier molecular flexibility index (Phi) is 5.93. The van der Waals surface area contributed by atoms with E-state index >= 15 is 0 Å². The highest BCUT2D eigenvalue weighted by Crippen LogP contribution is 2.13. The number of esters is 1. The summed E-state index contributed by atoms with van der Waals surface area (Å²) in [6.07, 6.45) is -1.08. The number of halogens is 1. The zero-order chi connectivity index (χ0) is 15.3. The Morgan fingerprint density at radius 1 is 1.30 bits per heavy atom. The molecule has 1 atom stereocenters. The van der Waals surface area contributed by atoms with E-state index in [2.05, 4.69) is 22.6 Å². The number of benzene rings is 1. The van der Waals surface area contributed by atoms with Gasteiger partial charge in [0.25, 0.3) is 5.91 Å². The number of rotatable bonds is 4. The van der Waals surface area contributed by atoms with Gasteiger partial charge in [-0.2, -0.15) is 0 Å². The van der Waals surface area contributed by atoms with Gasteiger partial charge in [0.1, 0.15) is 0 Å². The molecule has 3 N–H and O–H groups in total. The van der Waals surface area contributed by atoms with Crippen molar-refractivity contribution in [2.75, 3.05) is 0 Å². The van der Waals surface area contributed by atoms with Gasteiger partial charge in [-0.05, 0) is 46.7 Å². The van der Waals surface area contributed by atoms with Crippen molar-refractivity contribution in [3.63, 3.8) is 0 Å². The van der Waals surface area contributed by atoms with E-state index in [4.69, 9.17) is 10.5 Å². The lowest BCUT2D eigenvalue weighted by molar-refractivity contribution is -0.130. The number of carbonyl (C=O) groups is 3. The normalized spacial score (nSPS) is 11.8. The molecule has 6 nitrogen and oxygen atoms in total. The average Bonchev–Trinajstić information content (AvgIpc) is 2.34. The summed E-state index contributed by atoms with van der Waals surface area (Å²) in [5, 5.41) is 1.91. The second-order valence-corrected chi connectivity index (χ2v) is 5.68. The third-order valence-corrected chi connectivity index (χ3v) is 3.08. The van der Waals surface area contributed by atoms with Crippen LogP contribution in [0.25, 0.3) is 0 Å². The van der Waals surface area contributed by atoms with Crippen molar-refractivity contribution >= 4 is 40.5 Å². The van der Waals surface area contributed by atoms with E-state index < -0.39 is 24.0 Å². The van der Waals surface area contributed by atoms with Gasteiger partial charge in [-0.25, -0.2) is 9.59 Å². The molecule has 0 aliphatic rings. The molecule has 0 spiro atoms. The monoisotopic (exact) mass is 390 g/mol. The molecule has 0 aliphatic carbocycles. The lowest BCUT2D eigenvalue weighted by Crippen LogP contribution is -2.45. The molecule has 7 heteroatoms. The number of hydrogen-bond acceptors (Lipinski definition) is 4. The molecular formula is C13H15IN2O4. The van der Waals surface area contributed by atoms with Crippen LogP contribution >= 0.6 is 22.6 Å². The van der Waals surface area contributed by atoms with E-state index in [1.807, 2.05) is 11.4 Å². The van der Waals surface area contributed by atoms with Gasteiger partial charge in [0.2, 0.25) is 0 Å². The summed E-state index contributed by atoms with van der Waals surface area (Å²) in [5.41, 5.74) is 5.22. The predicted molar refractivity (Wildman–Crippen MR) is 80.9 cm³/mol. The van der Waals surface area contributed by atoms with Crippen molar-refractivity contribution in [2.24, 2.45) is 11.7 Å². The van der Waals surface area contributed by atoms with Crippen molar-refractivity contribution in [3.8, 4) is 0 Å². The van der Waals surface area contributed by atoms with E-state index in [1.54, 1.807) is 32.0 Å². The van der Waals surface area contributed by atoms with Crippen molar-refractivity contribution in [1.29, 1.82) is 0 Å². The van der Waals surface area contributed by atoms with Crippen LogP contribution in [0.15, 0.2) is 24.3 Å². The van der Waals surface area contributed by atoms with Crippen LogP contribution in [0.1, 0.15) is 24.2 Å². The number of imide groups is 1. The summed E-state index contributed by atoms with van der Waals surface area (Å²) in [6, 6.07) is 5.80. The second-order valence-electron chi connectivity index (χ2n) is 4.43. The lowest BCUT2D eigenvalue weighted by atomic mass is 10.1. The molecule has 0 saturated carbocycles. The molecule has 0 aromatic heterocycles. The minimum absolute atomic E-state index is 0.291. The molecule has 0 radical (unpaired) electrons. The smallest absolute Gasteiger partial charge is 0.338 e. The van der Waals surface area contributed by atoms with Gasteiger partial charge in [-0.1, -0.05) is 19.9 Å². The summed E-state index contributed by atoms with van der Waals surface area (Å²) < 4.78 is 6.03. The van der Waals surface area contributed by atoms with E-state index in [9.17, 15) is 14.4 Å². The molecule has 0 saturated heterocycles. The maximum absolute atomic E-state index is 12.0. The first-order chi connectivity index (χ1) is 9.31. The van der Waals surface area contributed by atoms with Crippen LogP contribution in [0.5, 0.6) is 0 Å². The maximum atomic E-state index is 12.0. The summed E-state index contributed by atoms with van der Waals surface area (Å²) >= 11 is 2.07. The Morgan fingerprint density at radius 3 is 2.45 bits per heavy atom. The molecule has 0 aliphatic heterocycles. The standard InChI is InChI=1S/C13H15IN2O4/c1-7(2)10(11(17)16-13(15)19)20-12(18)8-4-3-5-9(14)6-8/h3-7,10H,1-2H3,(H3,15,16,17,19)/t10-/m1/s1. The van der Waals surface area contributed by atoms with Crippen LogP contribution in [0.4, 0.5) is 4.79 Å². The first kappa shape index (κ1) is 16.4. The van der Waals surface area contributed by atoms with E-state index in [0.29, 0.717) is 5.56 Å². The van der Waals surface area contributed by atoms with Crippen LogP contribution in [0.2, 0.25) is 0 Å². The Hall–Kier alpha value is -1.64. The Morgan fingerprint density at radius 2 is 1.95 bits per heavy atom. The van der Waals surface area contributed by atoms with Crippen LogP contribution in [-0.4, -0.2) is 24.0 Å². The highest BCUT2D eigenvalue weighted by atomic mass is 127. The van der Waals surface area contributed by atoms with Gasteiger partial charge in [0, 0.05) is 3.57 Å². The molecule has 1 aromatic rings. The first-order valence-corrected chi connectivity index (χ1v) is 6.96. The Balaban J connectivity index is 2.83. The van der Waals surface area contributed by atoms with E-state index in [0.717, 1.165) is 3.57 Å². The van der Waals surface area contributed by atoms with Crippen LogP contribution in [0.3, 0.4) is 0 Å². The number of urea groups is 1. The summed E-state index contributed by atoms with van der Waals surface area (Å²) in [6.45, 7) is 3.40. The zero-order valence-electron chi connectivity index (χ0n) is 11.1. The Bertz CT molecular complexity index is 531. The number of amides is 3. The zero-order valence-corrected chi connectivity index (χ0v) is 13.2. The fourth-order valence-corrected chi connectivity index (χ4v) is 2.03. The number of primary amides is 1. The molecule has 0 bridgehead atoms. The highest BCUT2D eigenvalue weighted by molar-refractivity contribution is 14.1. The predicted octanol–water partition coefficient (Wildman–Crippen LogP) is 1.67. The SMILES string of the molecule is CC(C)[C@@H](OC(=O)c1cccc(I)c1)C(=O)NC(N)=O. The maximum Gasteiger partial charge on any atom is 0.338 e. The van der Waals surface area contributed by atoms with Crippen LogP contribution < -0.4 is 11.1 Å². The molecule has 1 aromatic carbocycles. The molecule has 0 unspecified atom stereocenters. The van der Waals surface area contributed by atoms with Crippen molar-refractivity contribution < 1.29 is 19.1 Å². The summed E-state index contributed by atoms with van der Waals surface area (Å²) in [4.78, 5) is 34.4. The largest absolute Gasteiger partial charge is 0.448 e. The average molecular weight is 390 g/mol. The quantitative estimate of drug-likeness (QED) is 0.604. The first-order valence-electron chi connectivity index (χ1n) is 5.88. The van der Waals surface area contributed by atoms with Crippen LogP contribution in [-0.2, 0) is 9.53 Å². The number of nitrogens with one attached hydrogen (secondary N) is 1. The molecule has 0 fully saturated rings. The van der Waals surface area contributed by atoms with Crippen molar-refractivity contribution in [2.45, 2.75) is 20.0 Å². The molecule has 1 rings (SSSR count). The van der Waals surface area contributed by atoms with Gasteiger partial charge in [0.15, 0.2) is 6.10 Å². The second kappa shape index (κ2) is 7.22. The van der Waals surface area contributed by atoms with Gasteiger partial charge in [-0.15, -0.1) is 0 Å². The van der Waals surface area contributed by atoms with Crippen molar-refractivity contribution in [1.82, 2.24) is 5.32 Å². The summed E-state index contributed by atoms with van der Waals surface area (Å²) in [7, 11) is 0. The van der Waals surface area contributed by atoms with Crippen LogP contribution in [0, 0.1) is 9.49 Å². The minimum Gasteiger partial charge on any atom is -0.448 e. The highest BCUT2D eigenvalue weighted by Gasteiger charge is 2.27. The third-order valence-electron chi connectivity index (χ3n) is 2.40. The van der Waals surface area contributed by atoms with Crippen molar-refractivity contribution in [3.05, 3.63) is 33.4 Å². The summed E-state index contributed by atoms with van der Waals surface area (Å²) in [5.74, 6) is -1.64. The number of nitrogens with two attached hydrogens (primary N) is 1. The molecule has 0 heterocycles. The number of hydrogen-bond donors (Lipinski definition) is 2. The van der Waals surface area contributed by atoms with E-state index in [1.165, 1.54) is 0 Å². The molecule has 20 heavy (non-hydrogen) atoms. The molecular weight excluding hydrogens is 375 g/mol. The Labute approximate surface area is 130 Å². The van der Waals surface area contributed by atoms with Gasteiger partial charge in [0.05, 0.1) is 5.56 Å². The molecule has 108 valence electrons.